The Bertz CT molecular complexity index is 598. The summed E-state index contributed by atoms with van der Waals surface area (Å²) in [6.45, 7) is 1.49. The van der Waals surface area contributed by atoms with Gasteiger partial charge in [-0.25, -0.2) is 8.78 Å². The van der Waals surface area contributed by atoms with E-state index in [4.69, 9.17) is 28.9 Å². The highest BCUT2D eigenvalue weighted by Crippen LogP contribution is 2.37. The highest BCUT2D eigenvalue weighted by Gasteiger charge is 2.21. The highest BCUT2D eigenvalue weighted by atomic mass is 35.5. The number of nitrogens with two attached hydrogens (primary N) is 1. The number of halogens is 4. The van der Waals surface area contributed by atoms with Crippen LogP contribution in [0.3, 0.4) is 0 Å². The predicted octanol–water partition coefficient (Wildman–Crippen LogP) is 4.69. The summed E-state index contributed by atoms with van der Waals surface area (Å²) in [6.07, 6.45) is 0. The summed E-state index contributed by atoms with van der Waals surface area (Å²) in [7, 11) is 0. The molecule has 96 valence electrons. The van der Waals surface area contributed by atoms with Gasteiger partial charge in [0, 0.05) is 11.1 Å². The first-order valence-electron chi connectivity index (χ1n) is 5.06. The minimum absolute atomic E-state index is 0.0643. The number of aryl methyl sites for hydroxylation is 1. The zero-order valence-corrected chi connectivity index (χ0v) is 11.6. The Labute approximate surface area is 117 Å². The van der Waals surface area contributed by atoms with Gasteiger partial charge in [-0.1, -0.05) is 35.3 Å². The lowest BCUT2D eigenvalue weighted by molar-refractivity contribution is 0.489. The molecule has 0 radical (unpaired) electrons. The minimum atomic E-state index is -0.944. The largest absolute Gasteiger partial charge is 0.320 e. The third kappa shape index (κ3) is 2.38. The lowest BCUT2D eigenvalue weighted by Gasteiger charge is -2.13. The lowest BCUT2D eigenvalue weighted by atomic mass is 10.00. The van der Waals surface area contributed by atoms with Crippen molar-refractivity contribution in [2.45, 2.75) is 13.0 Å². The van der Waals surface area contributed by atoms with E-state index in [2.05, 4.69) is 0 Å². The molecule has 0 aliphatic heterocycles. The number of rotatable bonds is 2. The molecule has 2 N–H and O–H groups in total. The van der Waals surface area contributed by atoms with Crippen LogP contribution in [0.1, 0.15) is 22.7 Å². The van der Waals surface area contributed by atoms with Gasteiger partial charge in [0.05, 0.1) is 14.7 Å². The molecule has 6 heteroatoms. The van der Waals surface area contributed by atoms with Crippen LogP contribution in [0.4, 0.5) is 8.78 Å². The van der Waals surface area contributed by atoms with Crippen LogP contribution >= 0.6 is 34.5 Å². The molecule has 0 fully saturated rings. The fourth-order valence-electron chi connectivity index (χ4n) is 1.63. The molecule has 2 aromatic rings. The Morgan fingerprint density at radius 2 is 1.83 bits per heavy atom. The Morgan fingerprint density at radius 3 is 2.39 bits per heavy atom. The van der Waals surface area contributed by atoms with Crippen LogP contribution in [0, 0.1) is 18.6 Å². The molecule has 18 heavy (non-hydrogen) atoms. The summed E-state index contributed by atoms with van der Waals surface area (Å²) >= 11 is 12.9. The summed E-state index contributed by atoms with van der Waals surface area (Å²) < 4.78 is 28.1. The molecule has 0 amide bonds. The van der Waals surface area contributed by atoms with Gasteiger partial charge in [-0.05, 0) is 18.6 Å². The van der Waals surface area contributed by atoms with Crippen molar-refractivity contribution in [3.05, 3.63) is 55.2 Å². The summed E-state index contributed by atoms with van der Waals surface area (Å²) in [5.41, 5.74) is 6.70. The van der Waals surface area contributed by atoms with Crippen LogP contribution in [0.2, 0.25) is 8.67 Å². The third-order valence-corrected chi connectivity index (χ3v) is 4.18. The fourth-order valence-corrected chi connectivity index (χ4v) is 3.18. The number of benzene rings is 1. The van der Waals surface area contributed by atoms with Crippen molar-refractivity contribution >= 4 is 34.5 Å². The van der Waals surface area contributed by atoms with Gasteiger partial charge in [0.2, 0.25) is 0 Å². The van der Waals surface area contributed by atoms with Gasteiger partial charge in [-0.15, -0.1) is 11.3 Å². The standard InChI is InChI=1S/C12H9Cl2F2NS/c1-5-2-3-6(10(16)9(5)15)11(17)7-4-8(13)18-12(7)14/h2-4,11H,17H2,1H3. The molecule has 0 aliphatic rings. The quantitative estimate of drug-likeness (QED) is 0.856. The first kappa shape index (κ1) is 13.7. The Kier molecular flexibility index (Phi) is 3.92. The van der Waals surface area contributed by atoms with E-state index in [-0.39, 0.29) is 11.1 Å². The summed E-state index contributed by atoms with van der Waals surface area (Å²) in [4.78, 5) is 0. The van der Waals surface area contributed by atoms with E-state index >= 15 is 0 Å². The molecule has 0 spiro atoms. The molecule has 1 heterocycles. The smallest absolute Gasteiger partial charge is 0.164 e. The zero-order valence-electron chi connectivity index (χ0n) is 9.31. The molecule has 0 saturated heterocycles. The lowest BCUT2D eigenvalue weighted by Crippen LogP contribution is -2.14. The van der Waals surface area contributed by atoms with Gasteiger partial charge in [0.1, 0.15) is 0 Å². The summed E-state index contributed by atoms with van der Waals surface area (Å²) in [6, 6.07) is 3.67. The first-order valence-corrected chi connectivity index (χ1v) is 6.64. The topological polar surface area (TPSA) is 26.0 Å². The maximum Gasteiger partial charge on any atom is 0.164 e. The molecular weight excluding hydrogens is 299 g/mol. The zero-order chi connectivity index (χ0) is 13.4. The van der Waals surface area contributed by atoms with Gasteiger partial charge in [-0.2, -0.15) is 0 Å². The molecule has 0 bridgehead atoms. The van der Waals surface area contributed by atoms with Crippen molar-refractivity contribution in [2.75, 3.05) is 0 Å². The molecular formula is C12H9Cl2F2NS. The Balaban J connectivity index is 2.49. The number of thiophene rings is 1. The molecule has 1 nitrogen and oxygen atoms in total. The monoisotopic (exact) mass is 307 g/mol. The number of hydrogen-bond donors (Lipinski definition) is 1. The maximum atomic E-state index is 13.8. The van der Waals surface area contributed by atoms with Crippen molar-refractivity contribution in [3.8, 4) is 0 Å². The molecule has 1 aromatic heterocycles. The van der Waals surface area contributed by atoms with Crippen molar-refractivity contribution in [1.29, 1.82) is 0 Å². The minimum Gasteiger partial charge on any atom is -0.320 e. The van der Waals surface area contributed by atoms with Crippen LogP contribution in [0.5, 0.6) is 0 Å². The van der Waals surface area contributed by atoms with Gasteiger partial charge in [-0.3, -0.25) is 0 Å². The van der Waals surface area contributed by atoms with Crippen LogP contribution in [0.25, 0.3) is 0 Å². The first-order chi connectivity index (χ1) is 8.41. The second-order valence-corrected chi connectivity index (χ2v) is 6.14. The molecule has 2 rings (SSSR count). The summed E-state index contributed by atoms with van der Waals surface area (Å²) in [5.74, 6) is -1.83. The maximum absolute atomic E-state index is 13.8. The fraction of sp³-hybridized carbons (Fsp3) is 0.167. The van der Waals surface area contributed by atoms with Crippen molar-refractivity contribution < 1.29 is 8.78 Å². The van der Waals surface area contributed by atoms with E-state index < -0.39 is 17.7 Å². The Hall–Kier alpha value is -0.680. The van der Waals surface area contributed by atoms with Crippen molar-refractivity contribution in [3.63, 3.8) is 0 Å². The molecule has 0 saturated carbocycles. The van der Waals surface area contributed by atoms with E-state index in [1.165, 1.54) is 19.1 Å². The van der Waals surface area contributed by atoms with Crippen molar-refractivity contribution in [1.82, 2.24) is 0 Å². The van der Waals surface area contributed by atoms with Gasteiger partial charge in [0.25, 0.3) is 0 Å². The van der Waals surface area contributed by atoms with Crippen LogP contribution in [-0.2, 0) is 0 Å². The van der Waals surface area contributed by atoms with Crippen molar-refractivity contribution in [2.24, 2.45) is 5.73 Å². The highest BCUT2D eigenvalue weighted by molar-refractivity contribution is 7.20. The van der Waals surface area contributed by atoms with E-state index in [1.807, 2.05) is 0 Å². The van der Waals surface area contributed by atoms with Gasteiger partial charge < -0.3 is 5.73 Å². The van der Waals surface area contributed by atoms with E-state index in [0.29, 0.717) is 14.2 Å². The van der Waals surface area contributed by atoms with Crippen LogP contribution in [-0.4, -0.2) is 0 Å². The molecule has 0 aliphatic carbocycles. The average molecular weight is 308 g/mol. The molecule has 1 unspecified atom stereocenters. The normalized spacial score (nSPS) is 12.8. The average Bonchev–Trinajstić information content (AvgIpc) is 2.65. The predicted molar refractivity (Wildman–Crippen MR) is 71.5 cm³/mol. The second-order valence-electron chi connectivity index (χ2n) is 3.86. The molecule has 1 atom stereocenters. The summed E-state index contributed by atoms with van der Waals surface area (Å²) in [5, 5.41) is 0. The van der Waals surface area contributed by atoms with E-state index in [9.17, 15) is 8.78 Å². The van der Waals surface area contributed by atoms with Gasteiger partial charge in [0.15, 0.2) is 11.6 Å². The Morgan fingerprint density at radius 1 is 1.17 bits per heavy atom. The SMILES string of the molecule is Cc1ccc(C(N)c2cc(Cl)sc2Cl)c(F)c1F. The van der Waals surface area contributed by atoms with E-state index in [0.717, 1.165) is 11.3 Å². The van der Waals surface area contributed by atoms with Crippen LogP contribution in [0.15, 0.2) is 18.2 Å². The second kappa shape index (κ2) is 5.13. The third-order valence-electron chi connectivity index (χ3n) is 2.66. The molecule has 1 aromatic carbocycles. The van der Waals surface area contributed by atoms with Crippen LogP contribution < -0.4 is 5.73 Å². The number of hydrogen-bond acceptors (Lipinski definition) is 2. The van der Waals surface area contributed by atoms with E-state index in [1.54, 1.807) is 6.07 Å². The van der Waals surface area contributed by atoms with Gasteiger partial charge >= 0.3 is 0 Å².